The molecule has 0 radical (unpaired) electrons. The molecule has 152 valence electrons. The van der Waals surface area contributed by atoms with E-state index in [1.807, 2.05) is 29.6 Å². The van der Waals surface area contributed by atoms with Gasteiger partial charge >= 0.3 is 0 Å². The van der Waals surface area contributed by atoms with Crippen LogP contribution in [0.1, 0.15) is 12.8 Å². The van der Waals surface area contributed by atoms with Gasteiger partial charge in [-0.05, 0) is 29.3 Å². The van der Waals surface area contributed by atoms with Crippen LogP contribution >= 0.6 is 11.3 Å². The largest absolute Gasteiger partial charge is 0.302 e. The van der Waals surface area contributed by atoms with Crippen molar-refractivity contribution in [3.05, 3.63) is 78.2 Å². The summed E-state index contributed by atoms with van der Waals surface area (Å²) >= 11 is 1.36. The van der Waals surface area contributed by atoms with Gasteiger partial charge in [0.05, 0.1) is 16.3 Å². The van der Waals surface area contributed by atoms with Crippen molar-refractivity contribution < 1.29 is 13.2 Å². The number of thiazole rings is 1. The molecule has 0 spiro atoms. The third-order valence-corrected chi connectivity index (χ3v) is 7.31. The van der Waals surface area contributed by atoms with Gasteiger partial charge in [-0.3, -0.25) is 4.79 Å². The summed E-state index contributed by atoms with van der Waals surface area (Å²) in [4.78, 5) is 17.1. The van der Waals surface area contributed by atoms with Gasteiger partial charge in [0.15, 0.2) is 15.0 Å². The van der Waals surface area contributed by atoms with Crippen LogP contribution in [-0.2, 0) is 14.6 Å². The highest BCUT2D eigenvalue weighted by atomic mass is 32.2. The van der Waals surface area contributed by atoms with Crippen LogP contribution in [-0.4, -0.2) is 25.1 Å². The number of amides is 1. The van der Waals surface area contributed by atoms with Crippen molar-refractivity contribution in [1.29, 1.82) is 0 Å². The number of anilines is 1. The first-order chi connectivity index (χ1) is 14.5. The first-order valence-electron chi connectivity index (χ1n) is 9.54. The number of benzene rings is 3. The quantitative estimate of drug-likeness (QED) is 0.434. The lowest BCUT2D eigenvalue weighted by atomic mass is 10.0. The first-order valence-corrected chi connectivity index (χ1v) is 12.1. The number of rotatable bonds is 7. The Morgan fingerprint density at radius 1 is 0.933 bits per heavy atom. The lowest BCUT2D eigenvalue weighted by Crippen LogP contribution is -2.14. The fourth-order valence-electron chi connectivity index (χ4n) is 3.25. The molecule has 1 N–H and O–H groups in total. The van der Waals surface area contributed by atoms with Gasteiger partial charge in [0, 0.05) is 17.4 Å². The minimum atomic E-state index is -3.37. The summed E-state index contributed by atoms with van der Waals surface area (Å²) in [7, 11) is -3.37. The molecule has 0 fully saturated rings. The number of aromatic nitrogens is 1. The molecule has 0 saturated heterocycles. The van der Waals surface area contributed by atoms with Crippen LogP contribution in [0.25, 0.3) is 22.0 Å². The monoisotopic (exact) mass is 436 g/mol. The van der Waals surface area contributed by atoms with E-state index in [0.717, 1.165) is 22.0 Å². The van der Waals surface area contributed by atoms with Crippen LogP contribution < -0.4 is 5.32 Å². The predicted octanol–water partition coefficient (Wildman–Crippen LogP) is 5.16. The Morgan fingerprint density at radius 2 is 1.67 bits per heavy atom. The van der Waals surface area contributed by atoms with Gasteiger partial charge in [-0.2, -0.15) is 0 Å². The van der Waals surface area contributed by atoms with E-state index >= 15 is 0 Å². The predicted molar refractivity (Wildman–Crippen MR) is 121 cm³/mol. The van der Waals surface area contributed by atoms with Crippen molar-refractivity contribution in [3.8, 4) is 11.3 Å². The van der Waals surface area contributed by atoms with E-state index in [0.29, 0.717) is 5.13 Å². The molecule has 0 saturated carbocycles. The minimum absolute atomic E-state index is 0.0659. The summed E-state index contributed by atoms with van der Waals surface area (Å²) in [6, 6.07) is 22.4. The molecule has 0 aliphatic heterocycles. The summed E-state index contributed by atoms with van der Waals surface area (Å²) in [5, 5.41) is 7.44. The Morgan fingerprint density at radius 3 is 2.50 bits per heavy atom. The number of carbonyl (C=O) groups excluding carboxylic acids is 1. The molecular formula is C23H20N2O3S2. The van der Waals surface area contributed by atoms with Crippen LogP contribution in [0, 0.1) is 0 Å². The van der Waals surface area contributed by atoms with Crippen molar-refractivity contribution in [3.63, 3.8) is 0 Å². The number of hydrogen-bond donors (Lipinski definition) is 1. The topological polar surface area (TPSA) is 76.1 Å². The molecule has 0 bridgehead atoms. The van der Waals surface area contributed by atoms with Crippen LogP contribution in [0.5, 0.6) is 0 Å². The highest BCUT2D eigenvalue weighted by Gasteiger charge is 2.15. The SMILES string of the molecule is O=C(CCCS(=O)(=O)c1ccccc1)Nc1nc(-c2cccc3ccccc23)cs1. The van der Waals surface area contributed by atoms with Gasteiger partial charge in [0.1, 0.15) is 0 Å². The molecule has 4 rings (SSSR count). The Bertz CT molecular complexity index is 1280. The minimum Gasteiger partial charge on any atom is -0.302 e. The summed E-state index contributed by atoms with van der Waals surface area (Å²) in [6.45, 7) is 0. The van der Waals surface area contributed by atoms with Gasteiger partial charge < -0.3 is 5.32 Å². The highest BCUT2D eigenvalue weighted by Crippen LogP contribution is 2.31. The third kappa shape index (κ3) is 4.58. The number of fused-ring (bicyclic) bond motifs is 1. The fourth-order valence-corrected chi connectivity index (χ4v) is 5.31. The lowest BCUT2D eigenvalue weighted by Gasteiger charge is -2.05. The second-order valence-corrected chi connectivity index (χ2v) is 9.82. The normalized spacial score (nSPS) is 11.5. The summed E-state index contributed by atoms with van der Waals surface area (Å²) < 4.78 is 24.6. The first kappa shape index (κ1) is 20.3. The fraction of sp³-hybridized carbons (Fsp3) is 0.130. The number of hydrogen-bond acceptors (Lipinski definition) is 5. The van der Waals surface area contributed by atoms with Gasteiger partial charge in [0.2, 0.25) is 5.91 Å². The van der Waals surface area contributed by atoms with Gasteiger partial charge in [-0.25, -0.2) is 13.4 Å². The summed E-state index contributed by atoms with van der Waals surface area (Å²) in [5.74, 6) is -0.305. The highest BCUT2D eigenvalue weighted by molar-refractivity contribution is 7.91. The zero-order valence-electron chi connectivity index (χ0n) is 16.1. The van der Waals surface area contributed by atoms with Crippen molar-refractivity contribution in [2.75, 3.05) is 11.1 Å². The Hall–Kier alpha value is -3.03. The second-order valence-electron chi connectivity index (χ2n) is 6.85. The number of carbonyl (C=O) groups is 1. The average molecular weight is 437 g/mol. The molecule has 1 amide bonds. The molecule has 0 unspecified atom stereocenters. The molecule has 3 aromatic carbocycles. The second kappa shape index (κ2) is 8.77. The van der Waals surface area contributed by atoms with E-state index in [1.165, 1.54) is 11.3 Å². The van der Waals surface area contributed by atoms with E-state index < -0.39 is 9.84 Å². The Kier molecular flexibility index (Phi) is 5.92. The van der Waals surface area contributed by atoms with Gasteiger partial charge in [0.25, 0.3) is 0 Å². The molecule has 0 atom stereocenters. The van der Waals surface area contributed by atoms with Crippen molar-refractivity contribution in [2.45, 2.75) is 17.7 Å². The smallest absolute Gasteiger partial charge is 0.226 e. The molecule has 5 nitrogen and oxygen atoms in total. The summed E-state index contributed by atoms with van der Waals surface area (Å²) in [5.41, 5.74) is 1.82. The molecule has 0 aliphatic carbocycles. The summed E-state index contributed by atoms with van der Waals surface area (Å²) in [6.07, 6.45) is 0.375. The number of sulfone groups is 1. The van der Waals surface area contributed by atoms with E-state index in [2.05, 4.69) is 28.5 Å². The molecule has 30 heavy (non-hydrogen) atoms. The van der Waals surface area contributed by atoms with Crippen molar-refractivity contribution in [1.82, 2.24) is 4.98 Å². The molecule has 4 aromatic rings. The maximum Gasteiger partial charge on any atom is 0.226 e. The van der Waals surface area contributed by atoms with E-state index in [1.54, 1.807) is 30.3 Å². The zero-order chi connectivity index (χ0) is 21.0. The maximum absolute atomic E-state index is 12.3. The molecule has 7 heteroatoms. The molecular weight excluding hydrogens is 416 g/mol. The molecule has 1 heterocycles. The van der Waals surface area contributed by atoms with E-state index in [9.17, 15) is 13.2 Å². The lowest BCUT2D eigenvalue weighted by molar-refractivity contribution is -0.116. The third-order valence-electron chi connectivity index (χ3n) is 4.74. The molecule has 1 aromatic heterocycles. The van der Waals surface area contributed by atoms with Crippen molar-refractivity contribution in [2.24, 2.45) is 0 Å². The number of nitrogens with one attached hydrogen (secondary N) is 1. The average Bonchev–Trinajstić information content (AvgIpc) is 3.22. The van der Waals surface area contributed by atoms with Crippen LogP contribution in [0.2, 0.25) is 0 Å². The van der Waals surface area contributed by atoms with E-state index in [-0.39, 0.29) is 29.4 Å². The maximum atomic E-state index is 12.3. The molecule has 0 aliphatic rings. The standard InChI is InChI=1S/C23H20N2O3S2/c26-22(14-7-15-30(27,28)18-10-2-1-3-11-18)25-23-24-21(16-29-23)20-13-6-9-17-8-4-5-12-19(17)20/h1-6,8-13,16H,7,14-15H2,(H,24,25,26). The zero-order valence-corrected chi connectivity index (χ0v) is 17.7. The number of nitrogens with zero attached hydrogens (tertiary/aromatic N) is 1. The van der Waals surface area contributed by atoms with Crippen LogP contribution in [0.4, 0.5) is 5.13 Å². The van der Waals surface area contributed by atoms with E-state index in [4.69, 9.17) is 0 Å². The Labute approximate surface area is 179 Å². The van der Waals surface area contributed by atoms with Gasteiger partial charge in [-0.1, -0.05) is 60.7 Å². The van der Waals surface area contributed by atoms with Crippen LogP contribution in [0.15, 0.2) is 83.1 Å². The van der Waals surface area contributed by atoms with Gasteiger partial charge in [-0.15, -0.1) is 11.3 Å². The Balaban J connectivity index is 1.38. The van der Waals surface area contributed by atoms with Crippen LogP contribution in [0.3, 0.4) is 0 Å². The van der Waals surface area contributed by atoms with Crippen molar-refractivity contribution >= 4 is 43.0 Å².